The molecular formula is C31H37Cl2N3O4S. The normalized spacial score (nSPS) is 12.0. The SMILES string of the molecule is CCCNC(=O)[C@H](CC)N(Cc1c(Cl)cccc1Cl)C(=O)CN(c1ccccc1CC)S(=O)(=O)c1ccc(C)cc1. The summed E-state index contributed by atoms with van der Waals surface area (Å²) < 4.78 is 29.3. The molecule has 0 fully saturated rings. The Bertz CT molecular complexity index is 1440. The number of sulfonamides is 1. The summed E-state index contributed by atoms with van der Waals surface area (Å²) >= 11 is 12.9. The molecule has 3 aromatic rings. The number of para-hydroxylation sites is 1. The van der Waals surface area contributed by atoms with Gasteiger partial charge < -0.3 is 10.2 Å². The second-order valence-electron chi connectivity index (χ2n) is 9.74. The van der Waals surface area contributed by atoms with Crippen molar-refractivity contribution < 1.29 is 18.0 Å². The number of aryl methyl sites for hydroxylation is 2. The number of amides is 2. The quantitative estimate of drug-likeness (QED) is 0.241. The molecule has 0 saturated carbocycles. The third kappa shape index (κ3) is 7.82. The maximum Gasteiger partial charge on any atom is 0.264 e. The molecule has 0 bridgehead atoms. The standard InChI is InChI=1S/C31H37Cl2N3O4S/c1-5-19-34-31(38)28(7-3)35(20-25-26(32)12-10-13-27(25)33)30(37)21-36(29-14-9-8-11-23(29)6-2)41(39,40)24-17-15-22(4)16-18-24/h8-18,28H,5-7,19-21H2,1-4H3,(H,34,38)/t28-/m0/s1. The molecule has 0 spiro atoms. The van der Waals surface area contributed by atoms with Crippen LogP contribution >= 0.6 is 23.2 Å². The van der Waals surface area contributed by atoms with Gasteiger partial charge in [-0.1, -0.05) is 85.9 Å². The van der Waals surface area contributed by atoms with Crippen LogP contribution in [0.2, 0.25) is 10.0 Å². The topological polar surface area (TPSA) is 86.8 Å². The van der Waals surface area contributed by atoms with Crippen molar-refractivity contribution in [2.24, 2.45) is 0 Å². The average molecular weight is 619 g/mol. The highest BCUT2D eigenvalue weighted by Gasteiger charge is 2.34. The molecular weight excluding hydrogens is 581 g/mol. The molecule has 3 aromatic carbocycles. The number of hydrogen-bond donors (Lipinski definition) is 1. The lowest BCUT2D eigenvalue weighted by Crippen LogP contribution is -2.52. The van der Waals surface area contributed by atoms with Gasteiger partial charge in [0.25, 0.3) is 10.0 Å². The van der Waals surface area contributed by atoms with Gasteiger partial charge in [-0.3, -0.25) is 13.9 Å². The van der Waals surface area contributed by atoms with E-state index in [1.165, 1.54) is 17.0 Å². The van der Waals surface area contributed by atoms with E-state index in [9.17, 15) is 18.0 Å². The number of anilines is 1. The first-order chi connectivity index (χ1) is 19.5. The largest absolute Gasteiger partial charge is 0.354 e. The van der Waals surface area contributed by atoms with Crippen molar-refractivity contribution in [3.05, 3.63) is 93.5 Å². The van der Waals surface area contributed by atoms with E-state index in [4.69, 9.17) is 23.2 Å². The minimum atomic E-state index is -4.15. The van der Waals surface area contributed by atoms with E-state index in [0.717, 1.165) is 21.9 Å². The van der Waals surface area contributed by atoms with Crippen molar-refractivity contribution in [3.8, 4) is 0 Å². The molecule has 0 aliphatic carbocycles. The van der Waals surface area contributed by atoms with Crippen LogP contribution < -0.4 is 9.62 Å². The predicted molar refractivity (Wildman–Crippen MR) is 166 cm³/mol. The lowest BCUT2D eigenvalue weighted by Gasteiger charge is -2.34. The molecule has 10 heteroatoms. The Morgan fingerprint density at radius 3 is 2.12 bits per heavy atom. The highest BCUT2D eigenvalue weighted by atomic mass is 35.5. The lowest BCUT2D eigenvalue weighted by molar-refractivity contribution is -0.140. The summed E-state index contributed by atoms with van der Waals surface area (Å²) in [4.78, 5) is 28.9. The van der Waals surface area contributed by atoms with Crippen LogP contribution in [0.5, 0.6) is 0 Å². The Morgan fingerprint density at radius 2 is 1.54 bits per heavy atom. The van der Waals surface area contributed by atoms with Gasteiger partial charge in [-0.2, -0.15) is 0 Å². The van der Waals surface area contributed by atoms with Crippen molar-refractivity contribution in [2.75, 3.05) is 17.4 Å². The van der Waals surface area contributed by atoms with E-state index in [0.29, 0.717) is 40.7 Å². The summed E-state index contributed by atoms with van der Waals surface area (Å²) in [7, 11) is -4.15. The molecule has 1 N–H and O–H groups in total. The van der Waals surface area contributed by atoms with Crippen LogP contribution in [0.15, 0.2) is 71.6 Å². The van der Waals surface area contributed by atoms with E-state index in [1.807, 2.05) is 32.9 Å². The summed E-state index contributed by atoms with van der Waals surface area (Å²) in [6, 6.07) is 17.8. The van der Waals surface area contributed by atoms with E-state index >= 15 is 0 Å². The first-order valence-corrected chi connectivity index (χ1v) is 15.9. The van der Waals surface area contributed by atoms with Crippen molar-refractivity contribution in [2.45, 2.75) is 64.4 Å². The predicted octanol–water partition coefficient (Wildman–Crippen LogP) is 6.39. The van der Waals surface area contributed by atoms with Crippen molar-refractivity contribution in [1.82, 2.24) is 10.2 Å². The number of halogens is 2. The second kappa shape index (κ2) is 14.7. The summed E-state index contributed by atoms with van der Waals surface area (Å²) in [5.41, 5.74) is 2.56. The van der Waals surface area contributed by atoms with E-state index < -0.39 is 28.5 Å². The first kappa shape index (κ1) is 32.4. The van der Waals surface area contributed by atoms with Gasteiger partial charge in [0.2, 0.25) is 11.8 Å². The van der Waals surface area contributed by atoms with E-state index in [2.05, 4.69) is 5.32 Å². The number of benzene rings is 3. The smallest absolute Gasteiger partial charge is 0.264 e. The fourth-order valence-electron chi connectivity index (χ4n) is 4.54. The monoisotopic (exact) mass is 617 g/mol. The minimum absolute atomic E-state index is 0.0650. The Morgan fingerprint density at radius 1 is 0.902 bits per heavy atom. The number of nitrogens with zero attached hydrogens (tertiary/aromatic N) is 2. The Labute approximate surface area is 253 Å². The maximum absolute atomic E-state index is 14.2. The van der Waals surface area contributed by atoms with Crippen LogP contribution in [0.25, 0.3) is 0 Å². The van der Waals surface area contributed by atoms with Gasteiger partial charge in [0.1, 0.15) is 12.6 Å². The lowest BCUT2D eigenvalue weighted by atomic mass is 10.1. The van der Waals surface area contributed by atoms with Crippen molar-refractivity contribution in [1.29, 1.82) is 0 Å². The molecule has 1 atom stereocenters. The summed E-state index contributed by atoms with van der Waals surface area (Å²) in [6.07, 6.45) is 1.59. The van der Waals surface area contributed by atoms with Gasteiger partial charge >= 0.3 is 0 Å². The van der Waals surface area contributed by atoms with Crippen LogP contribution in [0.1, 0.15) is 50.3 Å². The van der Waals surface area contributed by atoms with Gasteiger partial charge in [-0.15, -0.1) is 0 Å². The Balaban J connectivity index is 2.13. The molecule has 7 nitrogen and oxygen atoms in total. The van der Waals surface area contributed by atoms with Crippen molar-refractivity contribution >= 4 is 50.7 Å². The molecule has 0 aliphatic heterocycles. The number of nitrogens with one attached hydrogen (secondary N) is 1. The van der Waals surface area contributed by atoms with Gasteiger partial charge in [0.15, 0.2) is 0 Å². The molecule has 0 aliphatic rings. The summed E-state index contributed by atoms with van der Waals surface area (Å²) in [5, 5.41) is 3.56. The van der Waals surface area contributed by atoms with E-state index in [1.54, 1.807) is 49.4 Å². The van der Waals surface area contributed by atoms with Crippen LogP contribution in [-0.4, -0.2) is 44.3 Å². The molecule has 220 valence electrons. The van der Waals surface area contributed by atoms with Crippen LogP contribution in [0.3, 0.4) is 0 Å². The zero-order chi connectivity index (χ0) is 30.2. The van der Waals surface area contributed by atoms with Gasteiger partial charge in [0.05, 0.1) is 10.6 Å². The Kier molecular flexibility index (Phi) is 11.6. The average Bonchev–Trinajstić information content (AvgIpc) is 2.96. The van der Waals surface area contributed by atoms with Crippen LogP contribution in [0, 0.1) is 6.92 Å². The maximum atomic E-state index is 14.2. The first-order valence-electron chi connectivity index (χ1n) is 13.7. The zero-order valence-electron chi connectivity index (χ0n) is 23.9. The zero-order valence-corrected chi connectivity index (χ0v) is 26.2. The molecule has 0 saturated heterocycles. The highest BCUT2D eigenvalue weighted by molar-refractivity contribution is 7.92. The third-order valence-electron chi connectivity index (χ3n) is 6.85. The molecule has 0 heterocycles. The number of carbonyl (C=O) groups excluding carboxylic acids is 2. The molecule has 2 amide bonds. The highest BCUT2D eigenvalue weighted by Crippen LogP contribution is 2.30. The number of rotatable bonds is 13. The summed E-state index contributed by atoms with van der Waals surface area (Å²) in [6.45, 7) is 7.40. The molecule has 0 radical (unpaired) electrons. The third-order valence-corrected chi connectivity index (χ3v) is 9.34. The van der Waals surface area contributed by atoms with Gasteiger partial charge in [0, 0.05) is 28.7 Å². The van der Waals surface area contributed by atoms with Crippen LogP contribution in [-0.2, 0) is 32.6 Å². The molecule has 0 aromatic heterocycles. The number of hydrogen-bond acceptors (Lipinski definition) is 4. The Hall–Kier alpha value is -3.07. The molecule has 0 unspecified atom stereocenters. The fourth-order valence-corrected chi connectivity index (χ4v) is 6.51. The van der Waals surface area contributed by atoms with E-state index in [-0.39, 0.29) is 17.3 Å². The van der Waals surface area contributed by atoms with Crippen LogP contribution in [0.4, 0.5) is 5.69 Å². The van der Waals surface area contributed by atoms with Crippen molar-refractivity contribution in [3.63, 3.8) is 0 Å². The molecule has 41 heavy (non-hydrogen) atoms. The number of carbonyl (C=O) groups is 2. The molecule has 3 rings (SSSR count). The second-order valence-corrected chi connectivity index (χ2v) is 12.4. The van der Waals surface area contributed by atoms with Gasteiger partial charge in [-0.05, 0) is 62.1 Å². The van der Waals surface area contributed by atoms with Gasteiger partial charge in [-0.25, -0.2) is 8.42 Å². The summed E-state index contributed by atoms with van der Waals surface area (Å²) in [5.74, 6) is -0.881. The fraction of sp³-hybridized carbons (Fsp3) is 0.355. The minimum Gasteiger partial charge on any atom is -0.354 e.